The molecule has 0 unspecified atom stereocenters. The second-order valence-electron chi connectivity index (χ2n) is 2.10. The van der Waals surface area contributed by atoms with Gasteiger partial charge in [0.05, 0.1) is 40.1 Å². The molecular weight excluding hydrogens is 257 g/mol. The minimum absolute atomic E-state index is 0.117. The van der Waals surface area contributed by atoms with Crippen molar-refractivity contribution in [3.8, 4) is 0 Å². The molecule has 0 bridgehead atoms. The molecule has 4 nitrogen and oxygen atoms in total. The average Bonchev–Trinajstić information content (AvgIpc) is 2.30. The third-order valence-electron chi connectivity index (χ3n) is 1.43. The third-order valence-corrected chi connectivity index (χ3v) is 2.39. The van der Waals surface area contributed by atoms with Crippen LogP contribution in [-0.4, -0.2) is 12.7 Å². The Morgan fingerprint density at radius 2 is 2.45 bits per heavy atom. The Kier molecular flexibility index (Phi) is 1.45. The number of hydrogen-bond donors (Lipinski definition) is 1. The molecule has 0 aliphatic rings. The second kappa shape index (κ2) is 2.33. The van der Waals surface area contributed by atoms with E-state index < -0.39 is 0 Å². The summed E-state index contributed by atoms with van der Waals surface area (Å²) in [5.74, 6) is 0. The molecule has 0 saturated carbocycles. The summed E-state index contributed by atoms with van der Waals surface area (Å²) in [6, 6.07) is 1.79. The Bertz CT molecular complexity index is 444. The van der Waals surface area contributed by atoms with Crippen LogP contribution < -0.4 is 5.69 Å². The van der Waals surface area contributed by atoms with E-state index in [4.69, 9.17) is 0 Å². The predicted octanol–water partition coefficient (Wildman–Crippen LogP) is 0.923. The van der Waals surface area contributed by atoms with Gasteiger partial charge in [0.15, 0.2) is 0 Å². The largest absolute Gasteiger partial charge is 0.335 e. The number of H-pyrrole nitrogens is 1. The van der Waals surface area contributed by atoms with Crippen molar-refractivity contribution >= 4 is 33.9 Å². The number of fused-ring (bicyclic) bond motifs is 1. The number of nitrogens with one attached hydrogen (secondary N) is 1. The van der Waals surface area contributed by atoms with Crippen molar-refractivity contribution in [2.24, 2.45) is 0 Å². The van der Waals surface area contributed by atoms with Crippen LogP contribution in [0.15, 0.2) is 23.3 Å². The lowest BCUT2D eigenvalue weighted by Crippen LogP contribution is -2.06. The van der Waals surface area contributed by atoms with Crippen LogP contribution in [0.1, 0.15) is 0 Å². The zero-order valence-corrected chi connectivity index (χ0v) is 7.57. The lowest BCUT2D eigenvalue weighted by Gasteiger charge is -1.86. The molecule has 0 atom stereocenters. The lowest BCUT2D eigenvalue weighted by molar-refractivity contribution is 1.19. The van der Waals surface area contributed by atoms with E-state index in [0.29, 0.717) is 0 Å². The Morgan fingerprint density at radius 3 is 3.18 bits per heavy atom. The van der Waals surface area contributed by atoms with Gasteiger partial charge in [-0.3, -0.25) is 4.98 Å². The molecule has 0 saturated heterocycles. The highest BCUT2D eigenvalue weighted by molar-refractivity contribution is 14.1. The number of pyridine rings is 1. The van der Waals surface area contributed by atoms with Gasteiger partial charge < -0.3 is 4.98 Å². The van der Waals surface area contributed by atoms with Gasteiger partial charge in [-0.25, -0.2) is 7.58 Å². The van der Waals surface area contributed by atoms with Gasteiger partial charge in [-0.1, -0.05) is 0 Å². The molecule has 1 N–H and O–H groups in total. The quantitative estimate of drug-likeness (QED) is 0.717. The summed E-state index contributed by atoms with van der Waals surface area (Å²) < 4.78 is 1.52. The number of aromatic amines is 1. The summed E-state index contributed by atoms with van der Waals surface area (Å²) in [6.45, 7) is 0. The maximum atomic E-state index is 11.0. The molecular formula is C6H4IN3O. The molecule has 0 amide bonds. The Hall–Kier alpha value is -0.850. The topological polar surface area (TPSA) is 50.7 Å². The highest BCUT2D eigenvalue weighted by Gasteiger charge is 2.01. The SMILES string of the molecule is O=c1[nH]c2cnccc2n1I. The molecule has 2 aromatic heterocycles. The van der Waals surface area contributed by atoms with Crippen molar-refractivity contribution in [2.45, 2.75) is 0 Å². The van der Waals surface area contributed by atoms with Gasteiger partial charge in [0, 0.05) is 6.20 Å². The average molecular weight is 261 g/mol. The molecule has 56 valence electrons. The zero-order valence-electron chi connectivity index (χ0n) is 5.41. The first-order valence-electron chi connectivity index (χ1n) is 3.00. The zero-order chi connectivity index (χ0) is 7.84. The Labute approximate surface area is 75.8 Å². The Morgan fingerprint density at radius 1 is 1.64 bits per heavy atom. The summed E-state index contributed by atoms with van der Waals surface area (Å²) in [5.41, 5.74) is 1.52. The summed E-state index contributed by atoms with van der Waals surface area (Å²) in [7, 11) is 0. The van der Waals surface area contributed by atoms with E-state index in [1.165, 1.54) is 2.78 Å². The maximum absolute atomic E-state index is 11.0. The smallest absolute Gasteiger partial charge is 0.304 e. The number of rotatable bonds is 0. The van der Waals surface area contributed by atoms with Gasteiger partial charge in [0.25, 0.3) is 0 Å². The van der Waals surface area contributed by atoms with Crippen molar-refractivity contribution in [1.82, 2.24) is 12.7 Å². The molecule has 11 heavy (non-hydrogen) atoms. The molecule has 0 aliphatic carbocycles. The first kappa shape index (κ1) is 6.84. The fraction of sp³-hybridized carbons (Fsp3) is 0. The fourth-order valence-corrected chi connectivity index (χ4v) is 1.47. The predicted molar refractivity (Wildman–Crippen MR) is 49.8 cm³/mol. The monoisotopic (exact) mass is 261 g/mol. The Balaban J connectivity index is 3.04. The minimum atomic E-state index is -0.117. The van der Waals surface area contributed by atoms with E-state index in [1.807, 2.05) is 22.9 Å². The van der Waals surface area contributed by atoms with Crippen molar-refractivity contribution < 1.29 is 0 Å². The van der Waals surface area contributed by atoms with E-state index in [9.17, 15) is 4.79 Å². The van der Waals surface area contributed by atoms with Crippen LogP contribution in [0, 0.1) is 0 Å². The summed E-state index contributed by atoms with van der Waals surface area (Å²) in [4.78, 5) is 17.6. The van der Waals surface area contributed by atoms with Gasteiger partial charge in [-0.15, -0.1) is 0 Å². The molecule has 0 spiro atoms. The van der Waals surface area contributed by atoms with Crippen LogP contribution in [0.5, 0.6) is 0 Å². The third kappa shape index (κ3) is 0.953. The van der Waals surface area contributed by atoms with Crippen LogP contribution in [0.4, 0.5) is 0 Å². The molecule has 5 heteroatoms. The maximum Gasteiger partial charge on any atom is 0.335 e. The van der Waals surface area contributed by atoms with Crippen molar-refractivity contribution in [3.63, 3.8) is 0 Å². The number of imidazole rings is 1. The van der Waals surface area contributed by atoms with Gasteiger partial charge in [-0.05, 0) is 6.07 Å². The number of halogens is 1. The molecule has 0 radical (unpaired) electrons. The first-order chi connectivity index (χ1) is 5.29. The molecule has 2 aromatic rings. The summed E-state index contributed by atoms with van der Waals surface area (Å²) in [6.07, 6.45) is 3.29. The highest BCUT2D eigenvalue weighted by atomic mass is 127. The van der Waals surface area contributed by atoms with E-state index in [0.717, 1.165) is 11.0 Å². The van der Waals surface area contributed by atoms with Crippen LogP contribution in [0.25, 0.3) is 11.0 Å². The van der Waals surface area contributed by atoms with Crippen LogP contribution in [0.3, 0.4) is 0 Å². The van der Waals surface area contributed by atoms with E-state index in [-0.39, 0.29) is 5.69 Å². The first-order valence-corrected chi connectivity index (χ1v) is 3.96. The standard InChI is InChI=1S/C6H4IN3O/c7-10-5-1-2-8-3-4(5)9-6(10)11/h1-3H,(H,9,11). The van der Waals surface area contributed by atoms with Crippen molar-refractivity contribution in [2.75, 3.05) is 0 Å². The van der Waals surface area contributed by atoms with E-state index in [1.54, 1.807) is 18.5 Å². The number of hydrogen-bond acceptors (Lipinski definition) is 2. The number of aromatic nitrogens is 3. The van der Waals surface area contributed by atoms with Crippen molar-refractivity contribution in [3.05, 3.63) is 28.9 Å². The van der Waals surface area contributed by atoms with E-state index in [2.05, 4.69) is 9.97 Å². The fourth-order valence-electron chi connectivity index (χ4n) is 0.928. The normalized spacial score (nSPS) is 10.6. The molecule has 0 aromatic carbocycles. The summed E-state index contributed by atoms with van der Waals surface area (Å²) >= 11 is 1.94. The van der Waals surface area contributed by atoms with Crippen LogP contribution in [-0.2, 0) is 0 Å². The highest BCUT2D eigenvalue weighted by Crippen LogP contribution is 2.08. The van der Waals surface area contributed by atoms with Gasteiger partial charge in [0.2, 0.25) is 0 Å². The molecule has 2 heterocycles. The lowest BCUT2D eigenvalue weighted by atomic mass is 10.4. The van der Waals surface area contributed by atoms with Gasteiger partial charge in [0.1, 0.15) is 0 Å². The van der Waals surface area contributed by atoms with Gasteiger partial charge in [-0.2, -0.15) is 0 Å². The van der Waals surface area contributed by atoms with Gasteiger partial charge >= 0.3 is 5.69 Å². The van der Waals surface area contributed by atoms with Crippen LogP contribution >= 0.6 is 22.9 Å². The number of nitrogens with zero attached hydrogens (tertiary/aromatic N) is 2. The molecule has 0 fully saturated rings. The molecule has 0 aliphatic heterocycles. The molecule has 2 rings (SSSR count). The van der Waals surface area contributed by atoms with E-state index >= 15 is 0 Å². The summed E-state index contributed by atoms with van der Waals surface area (Å²) in [5, 5.41) is 0. The van der Waals surface area contributed by atoms with Crippen molar-refractivity contribution in [1.29, 1.82) is 0 Å². The van der Waals surface area contributed by atoms with Crippen LogP contribution in [0.2, 0.25) is 0 Å². The minimum Gasteiger partial charge on any atom is -0.304 e. The second-order valence-corrected chi connectivity index (χ2v) is 3.07.